The molecule has 2 heterocycles. The van der Waals surface area contributed by atoms with E-state index in [0.29, 0.717) is 24.5 Å². The highest BCUT2D eigenvalue weighted by molar-refractivity contribution is 5.83. The van der Waals surface area contributed by atoms with Crippen molar-refractivity contribution >= 4 is 29.7 Å². The van der Waals surface area contributed by atoms with E-state index in [1.54, 1.807) is 6.21 Å². The molecule has 1 aliphatic rings. The molecule has 0 saturated carbocycles. The highest BCUT2D eigenvalue weighted by Crippen LogP contribution is 2.21. The second-order valence-electron chi connectivity index (χ2n) is 8.50. The topological polar surface area (TPSA) is 87.6 Å². The van der Waals surface area contributed by atoms with E-state index in [9.17, 15) is 0 Å². The molecule has 1 fully saturated rings. The number of hydrazone groups is 1. The third kappa shape index (κ3) is 6.35. The minimum atomic E-state index is 0.378. The summed E-state index contributed by atoms with van der Waals surface area (Å²) >= 11 is 0. The van der Waals surface area contributed by atoms with Crippen molar-refractivity contribution < 1.29 is 4.74 Å². The quantitative estimate of drug-likeness (QED) is 0.238. The summed E-state index contributed by atoms with van der Waals surface area (Å²) in [5, 5.41) is 7.68. The van der Waals surface area contributed by atoms with Gasteiger partial charge in [-0.3, -0.25) is 0 Å². The number of nitrogens with one attached hydrogen (secondary N) is 2. The van der Waals surface area contributed by atoms with Crippen LogP contribution in [0.4, 0.5) is 23.5 Å². The van der Waals surface area contributed by atoms with E-state index in [1.165, 1.54) is 6.42 Å². The Morgan fingerprint density at radius 2 is 1.47 bits per heavy atom. The second-order valence-corrected chi connectivity index (χ2v) is 8.50. The maximum absolute atomic E-state index is 6.03. The van der Waals surface area contributed by atoms with Gasteiger partial charge in [-0.2, -0.15) is 20.1 Å². The fourth-order valence-corrected chi connectivity index (χ4v) is 3.97. The van der Waals surface area contributed by atoms with Crippen LogP contribution in [-0.2, 0) is 6.61 Å². The lowest BCUT2D eigenvalue weighted by atomic mass is 10.1. The predicted octanol–water partition coefficient (Wildman–Crippen LogP) is 5.63. The summed E-state index contributed by atoms with van der Waals surface area (Å²) in [5.74, 6) is 2.25. The zero-order chi connectivity index (χ0) is 24.4. The van der Waals surface area contributed by atoms with E-state index in [4.69, 9.17) is 4.74 Å². The predicted molar refractivity (Wildman–Crippen MR) is 144 cm³/mol. The lowest BCUT2D eigenvalue weighted by Crippen LogP contribution is -2.31. The maximum atomic E-state index is 6.03. The Hall–Kier alpha value is -4.46. The summed E-state index contributed by atoms with van der Waals surface area (Å²) in [7, 11) is 0. The lowest BCUT2D eigenvalue weighted by Gasteiger charge is -2.26. The molecule has 36 heavy (non-hydrogen) atoms. The van der Waals surface area contributed by atoms with Crippen LogP contribution in [0.5, 0.6) is 5.75 Å². The summed E-state index contributed by atoms with van der Waals surface area (Å²) in [5.41, 5.74) is 5.86. The van der Waals surface area contributed by atoms with Gasteiger partial charge in [0.25, 0.3) is 0 Å². The van der Waals surface area contributed by atoms with Gasteiger partial charge in [-0.25, -0.2) is 5.43 Å². The summed E-state index contributed by atoms with van der Waals surface area (Å²) in [6.07, 6.45) is 5.22. The Kier molecular flexibility index (Phi) is 7.63. The van der Waals surface area contributed by atoms with Crippen molar-refractivity contribution in [1.82, 2.24) is 15.0 Å². The van der Waals surface area contributed by atoms with Gasteiger partial charge in [0.05, 0.1) is 6.21 Å². The molecule has 0 bridgehead atoms. The van der Waals surface area contributed by atoms with Crippen LogP contribution in [0.3, 0.4) is 0 Å². The maximum Gasteiger partial charge on any atom is 0.250 e. The van der Waals surface area contributed by atoms with E-state index < -0.39 is 0 Å². The molecule has 1 saturated heterocycles. The number of ether oxygens (including phenoxy) is 1. The van der Waals surface area contributed by atoms with E-state index in [-0.39, 0.29) is 0 Å². The van der Waals surface area contributed by atoms with Gasteiger partial charge in [0, 0.05) is 24.3 Å². The summed E-state index contributed by atoms with van der Waals surface area (Å²) in [4.78, 5) is 16.0. The molecule has 0 unspecified atom stereocenters. The molecule has 2 N–H and O–H groups in total. The first-order chi connectivity index (χ1) is 17.8. The molecular weight excluding hydrogens is 450 g/mol. The van der Waals surface area contributed by atoms with E-state index >= 15 is 0 Å². The first kappa shape index (κ1) is 23.3. The zero-order valence-electron chi connectivity index (χ0n) is 20.0. The standard InChI is InChI=1S/C28H29N7O/c1-4-12-22(13-5-1)21-36-25-17-9-8-14-23(25)20-29-34-27-31-26(30-24-15-6-2-7-16-24)32-28(33-27)35-18-10-3-11-19-35/h1-2,4-9,12-17,20H,3,10-11,18-19,21H2,(H2,30,31,32,33,34)/b29-20-. The van der Waals surface area contributed by atoms with Crippen LogP contribution < -0.4 is 20.4 Å². The fraction of sp³-hybridized carbons (Fsp3) is 0.214. The van der Waals surface area contributed by atoms with E-state index in [2.05, 4.69) is 35.7 Å². The molecule has 0 spiro atoms. The number of hydrogen-bond donors (Lipinski definition) is 2. The Morgan fingerprint density at radius 3 is 2.28 bits per heavy atom. The smallest absolute Gasteiger partial charge is 0.250 e. The highest BCUT2D eigenvalue weighted by atomic mass is 16.5. The molecule has 3 aromatic carbocycles. The van der Waals surface area contributed by atoms with Crippen molar-refractivity contribution in [3.05, 3.63) is 96.1 Å². The monoisotopic (exact) mass is 479 g/mol. The van der Waals surface area contributed by atoms with Gasteiger partial charge in [0.15, 0.2) is 0 Å². The minimum absolute atomic E-state index is 0.378. The highest BCUT2D eigenvalue weighted by Gasteiger charge is 2.16. The van der Waals surface area contributed by atoms with Crippen LogP contribution in [0.1, 0.15) is 30.4 Å². The number of nitrogens with zero attached hydrogens (tertiary/aromatic N) is 5. The van der Waals surface area contributed by atoms with Crippen LogP contribution in [0.2, 0.25) is 0 Å². The van der Waals surface area contributed by atoms with E-state index in [1.807, 2.05) is 84.9 Å². The Morgan fingerprint density at radius 1 is 0.778 bits per heavy atom. The number of anilines is 4. The average Bonchev–Trinajstić information content (AvgIpc) is 2.94. The number of rotatable bonds is 9. The molecule has 182 valence electrons. The molecule has 0 radical (unpaired) electrons. The van der Waals surface area contributed by atoms with E-state index in [0.717, 1.165) is 48.5 Å². The average molecular weight is 480 g/mol. The summed E-state index contributed by atoms with van der Waals surface area (Å²) in [6.45, 7) is 2.35. The molecular formula is C28H29N7O. The molecule has 0 atom stereocenters. The van der Waals surface area contributed by atoms with Crippen LogP contribution in [0.25, 0.3) is 0 Å². The van der Waals surface area contributed by atoms with Crippen LogP contribution in [0, 0.1) is 0 Å². The van der Waals surface area contributed by atoms with Crippen LogP contribution in [0.15, 0.2) is 90.0 Å². The Balaban J connectivity index is 1.32. The van der Waals surface area contributed by atoms with Gasteiger partial charge < -0.3 is 15.0 Å². The molecule has 5 rings (SSSR count). The third-order valence-corrected chi connectivity index (χ3v) is 5.82. The lowest BCUT2D eigenvalue weighted by molar-refractivity contribution is 0.306. The van der Waals surface area contributed by atoms with Crippen molar-refractivity contribution in [1.29, 1.82) is 0 Å². The van der Waals surface area contributed by atoms with Gasteiger partial charge >= 0.3 is 0 Å². The van der Waals surface area contributed by atoms with Gasteiger partial charge in [-0.05, 0) is 49.1 Å². The zero-order valence-corrected chi connectivity index (χ0v) is 20.0. The first-order valence-corrected chi connectivity index (χ1v) is 12.2. The fourth-order valence-electron chi connectivity index (χ4n) is 3.97. The van der Waals surface area contributed by atoms with Gasteiger partial charge in [0.2, 0.25) is 17.8 Å². The number of hydrogen-bond acceptors (Lipinski definition) is 8. The van der Waals surface area contributed by atoms with Crippen molar-refractivity contribution in [2.45, 2.75) is 25.9 Å². The molecule has 0 aliphatic carbocycles. The number of para-hydroxylation sites is 2. The molecule has 8 nitrogen and oxygen atoms in total. The molecule has 4 aromatic rings. The van der Waals surface area contributed by atoms with Crippen LogP contribution in [-0.4, -0.2) is 34.3 Å². The SMILES string of the molecule is C(=N/Nc1nc(Nc2ccccc2)nc(N2CCCCC2)n1)/c1ccccc1OCc1ccccc1. The van der Waals surface area contributed by atoms with Gasteiger partial charge in [-0.1, -0.05) is 60.7 Å². The molecule has 0 amide bonds. The molecule has 8 heteroatoms. The first-order valence-electron chi connectivity index (χ1n) is 12.2. The third-order valence-electron chi connectivity index (χ3n) is 5.82. The largest absolute Gasteiger partial charge is 0.488 e. The Labute approximate surface area is 211 Å². The van der Waals surface area contributed by atoms with Gasteiger partial charge in [-0.15, -0.1) is 0 Å². The molecule has 1 aliphatic heterocycles. The van der Waals surface area contributed by atoms with Crippen molar-refractivity contribution in [2.75, 3.05) is 28.7 Å². The van der Waals surface area contributed by atoms with Crippen LogP contribution >= 0.6 is 0 Å². The number of benzene rings is 3. The van der Waals surface area contributed by atoms with Crippen molar-refractivity contribution in [3.63, 3.8) is 0 Å². The van der Waals surface area contributed by atoms with Gasteiger partial charge in [0.1, 0.15) is 12.4 Å². The normalized spacial score (nSPS) is 13.5. The number of aromatic nitrogens is 3. The molecule has 1 aromatic heterocycles. The Bertz CT molecular complexity index is 1280. The minimum Gasteiger partial charge on any atom is -0.488 e. The summed E-state index contributed by atoms with van der Waals surface area (Å²) < 4.78 is 6.03. The number of piperidine rings is 1. The summed E-state index contributed by atoms with van der Waals surface area (Å²) in [6, 6.07) is 27.7. The second kappa shape index (κ2) is 11.8. The van der Waals surface area contributed by atoms with Crippen molar-refractivity contribution in [2.24, 2.45) is 5.10 Å². The van der Waals surface area contributed by atoms with Crippen molar-refractivity contribution in [3.8, 4) is 5.75 Å².